The molecular weight excluding hydrogens is 404 g/mol. The third-order valence-electron chi connectivity index (χ3n) is 6.31. The van der Waals surface area contributed by atoms with Crippen LogP contribution in [0.4, 0.5) is 0 Å². The highest BCUT2D eigenvalue weighted by molar-refractivity contribution is 6.03. The van der Waals surface area contributed by atoms with Crippen molar-refractivity contribution in [1.29, 1.82) is 0 Å². The number of ether oxygens (including phenoxy) is 2. The third-order valence-corrected chi connectivity index (χ3v) is 6.31. The summed E-state index contributed by atoms with van der Waals surface area (Å²) in [5.74, 6) is 1.44. The molecule has 2 heterocycles. The minimum Gasteiger partial charge on any atom is -0.497 e. The number of hydrogen-bond acceptors (Lipinski definition) is 6. The Morgan fingerprint density at radius 2 is 1.75 bits per heavy atom. The Morgan fingerprint density at radius 1 is 1.03 bits per heavy atom. The number of benzene rings is 2. The van der Waals surface area contributed by atoms with Crippen molar-refractivity contribution in [1.82, 2.24) is 14.8 Å². The van der Waals surface area contributed by atoms with Crippen LogP contribution in [0.1, 0.15) is 29.2 Å². The van der Waals surface area contributed by atoms with Gasteiger partial charge in [-0.3, -0.25) is 9.69 Å². The number of methoxy groups -OCH3 is 2. The SMILES string of the molecule is COc1ccc([C@@H]2CC(c3ccc(C)cc3)=NN2C(=O)CN2CCN(C)CC2)c(OC)c1. The van der Waals surface area contributed by atoms with Crippen LogP contribution < -0.4 is 9.47 Å². The number of carbonyl (C=O) groups is 1. The van der Waals surface area contributed by atoms with E-state index in [0.29, 0.717) is 18.7 Å². The van der Waals surface area contributed by atoms with Crippen LogP contribution in [-0.2, 0) is 4.79 Å². The van der Waals surface area contributed by atoms with Crippen LogP contribution >= 0.6 is 0 Å². The largest absolute Gasteiger partial charge is 0.497 e. The summed E-state index contributed by atoms with van der Waals surface area (Å²) < 4.78 is 11.0. The van der Waals surface area contributed by atoms with Gasteiger partial charge in [0.05, 0.1) is 32.5 Å². The van der Waals surface area contributed by atoms with Gasteiger partial charge in [0, 0.05) is 44.2 Å². The topological polar surface area (TPSA) is 57.6 Å². The fourth-order valence-electron chi connectivity index (χ4n) is 4.27. The first-order valence-corrected chi connectivity index (χ1v) is 11.1. The monoisotopic (exact) mass is 436 g/mol. The molecule has 2 aromatic rings. The zero-order valence-corrected chi connectivity index (χ0v) is 19.4. The van der Waals surface area contributed by atoms with Crippen molar-refractivity contribution in [2.24, 2.45) is 5.10 Å². The number of hydrogen-bond donors (Lipinski definition) is 0. The summed E-state index contributed by atoms with van der Waals surface area (Å²) in [5.41, 5.74) is 4.09. The first kappa shape index (κ1) is 22.3. The average Bonchev–Trinajstić information content (AvgIpc) is 3.26. The maximum absolute atomic E-state index is 13.4. The molecule has 0 radical (unpaired) electrons. The van der Waals surface area contributed by atoms with Gasteiger partial charge >= 0.3 is 0 Å². The summed E-state index contributed by atoms with van der Waals surface area (Å²) in [5, 5.41) is 6.49. The Bertz CT molecular complexity index is 981. The minimum atomic E-state index is -0.216. The second kappa shape index (κ2) is 9.71. The van der Waals surface area contributed by atoms with Crippen LogP contribution in [0.25, 0.3) is 0 Å². The lowest BCUT2D eigenvalue weighted by molar-refractivity contribution is -0.134. The zero-order chi connectivity index (χ0) is 22.7. The van der Waals surface area contributed by atoms with E-state index < -0.39 is 0 Å². The quantitative estimate of drug-likeness (QED) is 0.697. The predicted octanol–water partition coefficient (Wildman–Crippen LogP) is 2.94. The summed E-state index contributed by atoms with van der Waals surface area (Å²) in [4.78, 5) is 17.9. The Hall–Kier alpha value is -2.90. The van der Waals surface area contributed by atoms with Crippen molar-refractivity contribution in [2.75, 3.05) is 54.0 Å². The molecule has 2 aliphatic rings. The van der Waals surface area contributed by atoms with Crippen molar-refractivity contribution in [3.8, 4) is 11.5 Å². The lowest BCUT2D eigenvalue weighted by Crippen LogP contribution is -2.48. The molecule has 7 nitrogen and oxygen atoms in total. The molecule has 0 spiro atoms. The normalized spacial score (nSPS) is 19.7. The van der Waals surface area contributed by atoms with E-state index >= 15 is 0 Å². The van der Waals surface area contributed by atoms with Crippen molar-refractivity contribution >= 4 is 11.6 Å². The van der Waals surface area contributed by atoms with Crippen molar-refractivity contribution in [2.45, 2.75) is 19.4 Å². The number of rotatable bonds is 6. The molecule has 0 bridgehead atoms. The van der Waals surface area contributed by atoms with Crippen molar-refractivity contribution in [3.05, 3.63) is 59.2 Å². The van der Waals surface area contributed by atoms with Crippen molar-refractivity contribution in [3.63, 3.8) is 0 Å². The molecule has 0 aliphatic carbocycles. The second-order valence-electron chi connectivity index (χ2n) is 8.56. The maximum Gasteiger partial charge on any atom is 0.257 e. The fourth-order valence-corrected chi connectivity index (χ4v) is 4.27. The van der Waals surface area contributed by atoms with E-state index in [-0.39, 0.29) is 11.9 Å². The lowest BCUT2D eigenvalue weighted by Gasteiger charge is -2.33. The van der Waals surface area contributed by atoms with Gasteiger partial charge in [-0.1, -0.05) is 29.8 Å². The van der Waals surface area contributed by atoms with Crippen LogP contribution in [0.15, 0.2) is 47.6 Å². The van der Waals surface area contributed by atoms with Gasteiger partial charge in [0.25, 0.3) is 5.91 Å². The number of likely N-dealkylation sites (N-methyl/N-ethyl adjacent to an activating group) is 1. The van der Waals surface area contributed by atoms with E-state index in [1.54, 1.807) is 19.2 Å². The van der Waals surface area contributed by atoms with Crippen LogP contribution in [0.3, 0.4) is 0 Å². The molecule has 1 fully saturated rings. The van der Waals surface area contributed by atoms with Gasteiger partial charge in [0.15, 0.2) is 0 Å². The van der Waals surface area contributed by atoms with Gasteiger partial charge in [0.2, 0.25) is 0 Å². The number of piperazine rings is 1. The molecule has 1 saturated heterocycles. The number of carbonyl (C=O) groups excluding carboxylic acids is 1. The van der Waals surface area contributed by atoms with Crippen LogP contribution in [0, 0.1) is 6.92 Å². The molecule has 1 atom stereocenters. The average molecular weight is 437 g/mol. The van der Waals surface area contributed by atoms with Crippen LogP contribution in [0.2, 0.25) is 0 Å². The molecule has 0 aromatic heterocycles. The third kappa shape index (κ3) is 4.79. The molecule has 4 rings (SSSR count). The molecule has 0 N–H and O–H groups in total. The standard InChI is InChI=1S/C25H32N4O3/c1-18-5-7-19(8-6-18)22-16-23(21-10-9-20(31-3)15-24(21)32-4)29(26-22)25(30)17-28-13-11-27(2)12-14-28/h5-10,15,23H,11-14,16-17H2,1-4H3/t23-/m0/s1. The highest BCUT2D eigenvalue weighted by atomic mass is 16.5. The zero-order valence-electron chi connectivity index (χ0n) is 19.4. The molecule has 2 aliphatic heterocycles. The number of nitrogens with zero attached hydrogens (tertiary/aromatic N) is 4. The molecule has 7 heteroatoms. The van der Waals surface area contributed by atoms with E-state index in [4.69, 9.17) is 14.6 Å². The number of hydrazone groups is 1. The summed E-state index contributed by atoms with van der Waals surface area (Å²) in [7, 11) is 5.39. The van der Waals surface area contributed by atoms with Gasteiger partial charge in [-0.2, -0.15) is 5.10 Å². The molecule has 170 valence electrons. The number of amides is 1. The molecule has 2 aromatic carbocycles. The molecule has 0 unspecified atom stereocenters. The molecule has 1 amide bonds. The smallest absolute Gasteiger partial charge is 0.257 e. The Kier molecular flexibility index (Phi) is 6.77. The van der Waals surface area contributed by atoms with E-state index in [1.807, 2.05) is 18.2 Å². The first-order chi connectivity index (χ1) is 15.5. The van der Waals surface area contributed by atoms with Gasteiger partial charge in [-0.15, -0.1) is 0 Å². The van der Waals surface area contributed by atoms with Gasteiger partial charge < -0.3 is 14.4 Å². The Labute approximate surface area is 190 Å². The second-order valence-corrected chi connectivity index (χ2v) is 8.56. The van der Waals surface area contributed by atoms with Crippen LogP contribution in [0.5, 0.6) is 11.5 Å². The number of aryl methyl sites for hydroxylation is 1. The predicted molar refractivity (Wildman–Crippen MR) is 125 cm³/mol. The highest BCUT2D eigenvalue weighted by Crippen LogP contribution is 2.39. The molecular formula is C25H32N4O3. The summed E-state index contributed by atoms with van der Waals surface area (Å²) in [6.07, 6.45) is 0.639. The van der Waals surface area contributed by atoms with E-state index in [2.05, 4.69) is 48.0 Å². The first-order valence-electron chi connectivity index (χ1n) is 11.1. The van der Waals surface area contributed by atoms with E-state index in [0.717, 1.165) is 48.8 Å². The summed E-state index contributed by atoms with van der Waals surface area (Å²) >= 11 is 0. The summed E-state index contributed by atoms with van der Waals surface area (Å²) in [6.45, 7) is 6.16. The van der Waals surface area contributed by atoms with Gasteiger partial charge in [-0.25, -0.2) is 5.01 Å². The highest BCUT2D eigenvalue weighted by Gasteiger charge is 2.35. The van der Waals surface area contributed by atoms with Crippen LogP contribution in [-0.4, -0.2) is 80.4 Å². The van der Waals surface area contributed by atoms with E-state index in [1.165, 1.54) is 5.56 Å². The Morgan fingerprint density at radius 3 is 2.41 bits per heavy atom. The Balaban J connectivity index is 1.63. The molecule has 32 heavy (non-hydrogen) atoms. The van der Waals surface area contributed by atoms with Gasteiger partial charge in [0.1, 0.15) is 11.5 Å². The molecule has 0 saturated carbocycles. The fraction of sp³-hybridized carbons (Fsp3) is 0.440. The van der Waals surface area contributed by atoms with E-state index in [9.17, 15) is 4.79 Å². The summed E-state index contributed by atoms with van der Waals surface area (Å²) in [6, 6.07) is 13.8. The lowest BCUT2D eigenvalue weighted by atomic mass is 9.97. The maximum atomic E-state index is 13.4. The van der Waals surface area contributed by atoms with Gasteiger partial charge in [-0.05, 0) is 31.7 Å². The van der Waals surface area contributed by atoms with Crippen molar-refractivity contribution < 1.29 is 14.3 Å². The minimum absolute atomic E-state index is 0.0135.